The molecule has 4 fully saturated rings. The number of nitrogens with one attached hydrogen (secondary N) is 2. The summed E-state index contributed by atoms with van der Waals surface area (Å²) in [7, 11) is 3.32. The van der Waals surface area contributed by atoms with Crippen LogP contribution < -0.4 is 21.2 Å². The number of alkyl halides is 4. The van der Waals surface area contributed by atoms with E-state index >= 15 is 0 Å². The van der Waals surface area contributed by atoms with Gasteiger partial charge in [-0.05, 0) is 63.3 Å². The first-order valence-electron chi connectivity index (χ1n) is 22.1. The third-order valence-electron chi connectivity index (χ3n) is 13.4. The molecule has 344 valence electrons. The molecule has 2 unspecified atom stereocenters. The van der Waals surface area contributed by atoms with Gasteiger partial charge in [-0.15, -0.1) is 0 Å². The highest BCUT2D eigenvalue weighted by atomic mass is 19.3. The topological polar surface area (TPSA) is 163 Å². The summed E-state index contributed by atoms with van der Waals surface area (Å²) in [4.78, 5) is 63.9. The Labute approximate surface area is 371 Å². The van der Waals surface area contributed by atoms with Gasteiger partial charge >= 0.3 is 5.69 Å². The molecule has 1 aromatic carbocycles. The van der Waals surface area contributed by atoms with Gasteiger partial charge in [0.1, 0.15) is 17.4 Å². The minimum Gasteiger partial charge on any atom is -0.353 e. The van der Waals surface area contributed by atoms with Crippen LogP contribution in [-0.2, 0) is 16.6 Å². The lowest BCUT2D eigenvalue weighted by atomic mass is 9.85. The minimum absolute atomic E-state index is 0.0528. The number of hydrogen-bond donors (Lipinski definition) is 2. The van der Waals surface area contributed by atoms with Gasteiger partial charge in [0.2, 0.25) is 11.8 Å². The molecule has 17 nitrogen and oxygen atoms in total. The van der Waals surface area contributed by atoms with E-state index in [-0.39, 0.29) is 53.9 Å². The summed E-state index contributed by atoms with van der Waals surface area (Å²) in [5, 5.41) is 13.4. The first kappa shape index (κ1) is 44.1. The van der Waals surface area contributed by atoms with Crippen LogP contribution in [0.3, 0.4) is 0 Å². The first-order chi connectivity index (χ1) is 31.3. The molecule has 2 N–H and O–H groups in total. The van der Waals surface area contributed by atoms with Crippen molar-refractivity contribution >= 4 is 45.9 Å². The van der Waals surface area contributed by atoms with Crippen LogP contribution in [0.25, 0.3) is 16.7 Å². The van der Waals surface area contributed by atoms with Crippen LogP contribution in [-0.4, -0.2) is 144 Å². The molecule has 5 aromatic rings. The molecule has 0 bridgehead atoms. The molecule has 1 saturated carbocycles. The maximum absolute atomic E-state index is 14.3. The van der Waals surface area contributed by atoms with E-state index in [1.807, 2.05) is 12.1 Å². The number of piperidine rings is 1. The number of imide groups is 1. The van der Waals surface area contributed by atoms with Crippen LogP contribution in [0.4, 0.5) is 29.1 Å². The molecule has 65 heavy (non-hydrogen) atoms. The number of amides is 3. The van der Waals surface area contributed by atoms with Crippen molar-refractivity contribution in [3.05, 3.63) is 70.2 Å². The molecule has 9 rings (SSSR count). The van der Waals surface area contributed by atoms with Crippen molar-refractivity contribution in [1.82, 2.24) is 53.5 Å². The fraction of sp³-hybridized carbons (Fsp3) is 0.523. The second-order valence-electron chi connectivity index (χ2n) is 17.5. The molecule has 3 aliphatic heterocycles. The van der Waals surface area contributed by atoms with E-state index in [4.69, 9.17) is 0 Å². The fourth-order valence-corrected chi connectivity index (χ4v) is 9.72. The molecule has 2 atom stereocenters. The summed E-state index contributed by atoms with van der Waals surface area (Å²) in [5.41, 5.74) is 1.23. The Morgan fingerprint density at radius 3 is 2.46 bits per heavy atom. The van der Waals surface area contributed by atoms with Crippen molar-refractivity contribution in [3.63, 3.8) is 0 Å². The Kier molecular flexibility index (Phi) is 12.5. The van der Waals surface area contributed by atoms with Crippen molar-refractivity contribution in [2.24, 2.45) is 13.0 Å². The number of imidazole rings is 1. The number of para-hydroxylation sites is 1. The summed E-state index contributed by atoms with van der Waals surface area (Å²) in [5.74, 6) is 5.90. The van der Waals surface area contributed by atoms with Crippen LogP contribution in [0.1, 0.15) is 78.6 Å². The van der Waals surface area contributed by atoms with Gasteiger partial charge in [0, 0.05) is 78.2 Å². The standard InChI is InChI=1S/C44H51F4N13O4/c1-54-17-22-58(26-34(54)39(45)46)35-14-16-59-41(51-35)30(23-49-59)42(63)50-31-25-60(53-37(31)40(47)48)29-10-8-27(9-11-29)24-57-20-18-56(19-21-57)15-4-6-28-5-3-7-32-38(28)55(2)44(65)61(32)33-12-13-36(62)52-43(33)64/h3,5,7,14,16,23,25,27,29,33-34,39-40H,8-13,15,17-22,24,26H2,1-2H3,(H,50,63)(H,52,62,64)/t27-,29-,33?,34?. The molecule has 4 aromatic heterocycles. The van der Waals surface area contributed by atoms with E-state index in [2.05, 4.69) is 47.5 Å². The number of likely N-dealkylation sites (N-methyl/N-ethyl adjacent to an activating group) is 1. The molecule has 4 aliphatic rings. The van der Waals surface area contributed by atoms with Crippen molar-refractivity contribution in [1.29, 1.82) is 0 Å². The van der Waals surface area contributed by atoms with Crippen LogP contribution in [0.2, 0.25) is 0 Å². The van der Waals surface area contributed by atoms with Gasteiger partial charge in [-0.1, -0.05) is 17.9 Å². The lowest BCUT2D eigenvalue weighted by molar-refractivity contribution is -0.135. The second-order valence-corrected chi connectivity index (χ2v) is 17.5. The Bertz CT molecular complexity index is 2720. The number of benzene rings is 1. The maximum atomic E-state index is 14.3. The smallest absolute Gasteiger partial charge is 0.329 e. The van der Waals surface area contributed by atoms with Gasteiger partial charge in [0.05, 0.1) is 47.1 Å². The molecule has 0 radical (unpaired) electrons. The van der Waals surface area contributed by atoms with Gasteiger partial charge < -0.3 is 15.1 Å². The van der Waals surface area contributed by atoms with Gasteiger partial charge in [-0.25, -0.2) is 31.9 Å². The van der Waals surface area contributed by atoms with Crippen molar-refractivity contribution in [3.8, 4) is 11.8 Å². The lowest BCUT2D eigenvalue weighted by Crippen LogP contribution is -2.54. The normalized spacial score (nSPS) is 22.8. The number of nitrogens with zero attached hydrogens (tertiary/aromatic N) is 11. The Morgan fingerprint density at radius 2 is 1.72 bits per heavy atom. The maximum Gasteiger partial charge on any atom is 0.329 e. The van der Waals surface area contributed by atoms with Crippen molar-refractivity contribution < 1.29 is 31.9 Å². The number of fused-ring (bicyclic) bond motifs is 2. The lowest BCUT2D eigenvalue weighted by Gasteiger charge is -2.39. The molecule has 0 spiro atoms. The third-order valence-corrected chi connectivity index (χ3v) is 13.4. The number of anilines is 2. The van der Waals surface area contributed by atoms with Crippen molar-refractivity contribution in [2.45, 2.75) is 69.5 Å². The number of halogens is 4. The molecule has 3 saturated heterocycles. The minimum atomic E-state index is -2.93. The molecule has 1 aliphatic carbocycles. The Morgan fingerprint density at radius 1 is 0.954 bits per heavy atom. The highest BCUT2D eigenvalue weighted by Crippen LogP contribution is 2.36. The fourth-order valence-electron chi connectivity index (χ4n) is 9.72. The van der Waals surface area contributed by atoms with Crippen LogP contribution in [0.5, 0.6) is 0 Å². The number of rotatable bonds is 10. The third kappa shape index (κ3) is 8.98. The van der Waals surface area contributed by atoms with E-state index < -0.39 is 42.4 Å². The monoisotopic (exact) mass is 901 g/mol. The predicted octanol–water partition coefficient (Wildman–Crippen LogP) is 3.53. The summed E-state index contributed by atoms with van der Waals surface area (Å²) in [6.07, 6.45) is 2.66. The van der Waals surface area contributed by atoms with E-state index in [1.165, 1.54) is 26.0 Å². The van der Waals surface area contributed by atoms with Gasteiger partial charge in [-0.2, -0.15) is 10.2 Å². The van der Waals surface area contributed by atoms with Crippen molar-refractivity contribution in [2.75, 3.05) is 76.2 Å². The Balaban J connectivity index is 0.770. The zero-order valence-electron chi connectivity index (χ0n) is 36.2. The number of aryl methyl sites for hydroxylation is 1. The van der Waals surface area contributed by atoms with E-state index in [1.54, 1.807) is 46.9 Å². The van der Waals surface area contributed by atoms with Gasteiger partial charge in [-0.3, -0.25) is 43.3 Å². The summed E-state index contributed by atoms with van der Waals surface area (Å²) < 4.78 is 61.9. The van der Waals surface area contributed by atoms with E-state index in [0.717, 1.165) is 58.4 Å². The summed E-state index contributed by atoms with van der Waals surface area (Å²) >= 11 is 0. The van der Waals surface area contributed by atoms with Crippen LogP contribution in [0.15, 0.2) is 47.7 Å². The quantitative estimate of drug-likeness (QED) is 0.120. The molecule has 3 amide bonds. The Hall–Kier alpha value is -6.11. The predicted molar refractivity (Wildman–Crippen MR) is 232 cm³/mol. The van der Waals surface area contributed by atoms with Crippen LogP contribution in [0, 0.1) is 17.8 Å². The number of piperazine rings is 2. The average molecular weight is 902 g/mol. The molecule has 7 heterocycles. The second kappa shape index (κ2) is 18.4. The first-order valence-corrected chi connectivity index (χ1v) is 22.1. The number of hydrogen-bond acceptors (Lipinski definition) is 11. The zero-order valence-corrected chi connectivity index (χ0v) is 36.2. The summed E-state index contributed by atoms with van der Waals surface area (Å²) in [6.45, 7) is 5.90. The van der Waals surface area contributed by atoms with E-state index in [0.29, 0.717) is 48.0 Å². The van der Waals surface area contributed by atoms with E-state index in [9.17, 15) is 36.7 Å². The molecular weight excluding hydrogens is 851 g/mol. The van der Waals surface area contributed by atoms with Crippen LogP contribution >= 0.6 is 0 Å². The highest BCUT2D eigenvalue weighted by Gasteiger charge is 2.34. The largest absolute Gasteiger partial charge is 0.353 e. The number of aromatic nitrogens is 7. The summed E-state index contributed by atoms with van der Waals surface area (Å²) in [6, 6.07) is 5.29. The zero-order chi connectivity index (χ0) is 45.5. The molecule has 21 heteroatoms. The number of carbonyl (C=O) groups is 3. The highest BCUT2D eigenvalue weighted by molar-refractivity contribution is 6.08. The molecular formula is C44H51F4N13O4. The average Bonchev–Trinajstić information content (AvgIpc) is 3.99. The van der Waals surface area contributed by atoms with Gasteiger partial charge in [0.25, 0.3) is 18.8 Å². The SMILES string of the molecule is CN1CCN(c2ccn3ncc(C(=O)Nc4cn([C@H]5CC[C@H](CN6CCN(CC#Cc7cccc8c7n(C)c(=O)n8C7CCC(=O)NC7=O)CC6)CC5)nc4C(F)F)c3n2)CC1C(F)F. The number of carbonyl (C=O) groups excluding carboxylic acids is 3. The van der Waals surface area contributed by atoms with Gasteiger partial charge in [0.15, 0.2) is 11.3 Å².